The highest BCUT2D eigenvalue weighted by molar-refractivity contribution is 6.02. The zero-order chi connectivity index (χ0) is 38.7. The minimum absolute atomic E-state index is 0.196. The van der Waals surface area contributed by atoms with Crippen LogP contribution in [0.4, 0.5) is 5.69 Å². The van der Waals surface area contributed by atoms with E-state index >= 15 is 0 Å². The summed E-state index contributed by atoms with van der Waals surface area (Å²) in [5.41, 5.74) is 22.2. The summed E-state index contributed by atoms with van der Waals surface area (Å²) in [4.78, 5) is 5.35. The van der Waals surface area contributed by atoms with E-state index in [4.69, 9.17) is 4.98 Å². The maximum atomic E-state index is 5.35. The van der Waals surface area contributed by atoms with Gasteiger partial charge in [0.2, 0.25) is 0 Å². The third-order valence-electron chi connectivity index (χ3n) is 14.0. The van der Waals surface area contributed by atoms with Crippen LogP contribution >= 0.6 is 0 Å². The summed E-state index contributed by atoms with van der Waals surface area (Å²) in [6.45, 7) is 0.818. The number of nitrogens with zero attached hydrogens (tertiary/aromatic N) is 1. The standard InChI is InChI=1S/C57H40N2/c1-2-13-35(14-3-1)48-33-38-15-4-5-17-41(38)54-53(48)47-28-26-39(34-51(47)57(54)49-22-10-8-20-44(49)45-21-9-11-23-50(45)57)40-29-30-46(43-19-7-6-18-42(40)43)52-31-27-37-25-24-36-16-12-32-58-55(36)56(37)59-52/h1-31,38-39,58H,32-34H2. The van der Waals surface area contributed by atoms with Crippen molar-refractivity contribution in [2.24, 2.45) is 5.92 Å². The van der Waals surface area contributed by atoms with Gasteiger partial charge in [-0.3, -0.25) is 0 Å². The first-order valence-electron chi connectivity index (χ1n) is 21.1. The van der Waals surface area contributed by atoms with E-state index in [9.17, 15) is 0 Å². The van der Waals surface area contributed by atoms with Crippen molar-refractivity contribution in [1.82, 2.24) is 4.98 Å². The number of benzene rings is 6. The lowest BCUT2D eigenvalue weighted by molar-refractivity contribution is 0.655. The first kappa shape index (κ1) is 33.0. The predicted molar refractivity (Wildman–Crippen MR) is 245 cm³/mol. The fraction of sp³-hybridized carbons (Fsp3) is 0.105. The number of rotatable bonds is 3. The van der Waals surface area contributed by atoms with Crippen molar-refractivity contribution >= 4 is 39.0 Å². The number of hydrogen-bond donors (Lipinski definition) is 1. The summed E-state index contributed by atoms with van der Waals surface area (Å²) in [6, 6.07) is 52.3. The van der Waals surface area contributed by atoms with Crippen LogP contribution in [0.1, 0.15) is 46.6 Å². The van der Waals surface area contributed by atoms with Gasteiger partial charge in [-0.1, -0.05) is 182 Å². The largest absolute Gasteiger partial charge is 0.379 e. The Morgan fingerprint density at radius 3 is 2.20 bits per heavy atom. The van der Waals surface area contributed by atoms with Gasteiger partial charge in [-0.05, 0) is 102 Å². The van der Waals surface area contributed by atoms with Crippen molar-refractivity contribution in [3.8, 4) is 22.4 Å². The molecule has 6 aromatic carbocycles. The van der Waals surface area contributed by atoms with E-state index in [1.54, 1.807) is 0 Å². The van der Waals surface area contributed by atoms with Crippen LogP contribution in [0.5, 0.6) is 0 Å². The molecule has 13 rings (SSSR count). The molecule has 2 nitrogen and oxygen atoms in total. The lowest BCUT2D eigenvalue weighted by Gasteiger charge is -2.39. The van der Waals surface area contributed by atoms with Crippen LogP contribution in [0.25, 0.3) is 55.7 Å². The average Bonchev–Trinajstić information content (AvgIpc) is 3.78. The maximum absolute atomic E-state index is 5.35. The molecule has 1 spiro atoms. The fourth-order valence-electron chi connectivity index (χ4n) is 11.6. The third kappa shape index (κ3) is 4.55. The number of allylic oxidation sites excluding steroid dienone is 12. The SMILES string of the molecule is C1=CC2=C3C(=C(c4ccccc4)CC2C=C1)C1=C(CC(c2ccc(-c4ccc5ccc6c(c5n4)NCC=C6)c4ccccc24)C=C1)C31c2ccccc2-c2ccccc21. The van der Waals surface area contributed by atoms with Crippen LogP contribution in [-0.4, -0.2) is 11.5 Å². The second kappa shape index (κ2) is 12.5. The molecule has 0 saturated heterocycles. The van der Waals surface area contributed by atoms with Gasteiger partial charge in [-0.2, -0.15) is 0 Å². The average molecular weight is 753 g/mol. The summed E-state index contributed by atoms with van der Waals surface area (Å²) in [5, 5.41) is 7.29. The van der Waals surface area contributed by atoms with Crippen molar-refractivity contribution < 1.29 is 0 Å². The molecule has 2 unspecified atom stereocenters. The Labute approximate surface area is 344 Å². The summed E-state index contributed by atoms with van der Waals surface area (Å²) in [5.74, 6) is 0.519. The quantitative estimate of drug-likeness (QED) is 0.194. The normalized spacial score (nSPS) is 20.1. The first-order valence-corrected chi connectivity index (χ1v) is 21.1. The number of fused-ring (bicyclic) bond motifs is 14. The minimum Gasteiger partial charge on any atom is -0.379 e. The van der Waals surface area contributed by atoms with Crippen LogP contribution in [-0.2, 0) is 5.41 Å². The Hall–Kier alpha value is -7.03. The monoisotopic (exact) mass is 752 g/mol. The molecule has 1 aromatic heterocycles. The number of hydrogen-bond acceptors (Lipinski definition) is 2. The molecule has 1 N–H and O–H groups in total. The Bertz CT molecular complexity index is 3170. The smallest absolute Gasteiger partial charge is 0.0947 e. The van der Waals surface area contributed by atoms with Gasteiger partial charge in [0.25, 0.3) is 0 Å². The molecule has 7 aromatic rings. The van der Waals surface area contributed by atoms with Crippen LogP contribution < -0.4 is 5.32 Å². The number of aromatic nitrogens is 1. The van der Waals surface area contributed by atoms with Gasteiger partial charge in [0.1, 0.15) is 0 Å². The van der Waals surface area contributed by atoms with Crippen LogP contribution in [0.15, 0.2) is 210 Å². The van der Waals surface area contributed by atoms with Gasteiger partial charge in [0.15, 0.2) is 0 Å². The van der Waals surface area contributed by atoms with Crippen molar-refractivity contribution in [3.63, 3.8) is 0 Å². The number of pyridine rings is 1. The zero-order valence-electron chi connectivity index (χ0n) is 32.6. The number of nitrogens with one attached hydrogen (secondary N) is 1. The van der Waals surface area contributed by atoms with Gasteiger partial charge < -0.3 is 5.32 Å². The molecule has 2 heteroatoms. The van der Waals surface area contributed by atoms with Gasteiger partial charge in [0, 0.05) is 29.3 Å². The second-order valence-corrected chi connectivity index (χ2v) is 16.8. The molecular weight excluding hydrogens is 713 g/mol. The Morgan fingerprint density at radius 2 is 1.36 bits per heavy atom. The van der Waals surface area contributed by atoms with E-state index in [0.29, 0.717) is 5.92 Å². The van der Waals surface area contributed by atoms with Crippen LogP contribution in [0.2, 0.25) is 0 Å². The van der Waals surface area contributed by atoms with Crippen molar-refractivity contribution in [3.05, 3.63) is 238 Å². The predicted octanol–water partition coefficient (Wildman–Crippen LogP) is 13.7. The highest BCUT2D eigenvalue weighted by Gasteiger charge is 2.57. The molecule has 6 aliphatic rings. The molecule has 2 atom stereocenters. The second-order valence-electron chi connectivity index (χ2n) is 16.8. The summed E-state index contributed by atoms with van der Waals surface area (Å²) in [7, 11) is 0. The van der Waals surface area contributed by atoms with E-state index in [-0.39, 0.29) is 5.92 Å². The molecule has 0 amide bonds. The molecule has 0 bridgehead atoms. The highest BCUT2D eigenvalue weighted by atomic mass is 14.9. The molecule has 0 saturated carbocycles. The van der Waals surface area contributed by atoms with Gasteiger partial charge >= 0.3 is 0 Å². The summed E-state index contributed by atoms with van der Waals surface area (Å²) in [6.07, 6.45) is 20.7. The first-order chi connectivity index (χ1) is 29.3. The van der Waals surface area contributed by atoms with E-state index < -0.39 is 5.41 Å². The third-order valence-corrected chi connectivity index (χ3v) is 14.0. The lowest BCUT2D eigenvalue weighted by Crippen LogP contribution is -2.31. The van der Waals surface area contributed by atoms with Crippen LogP contribution in [0, 0.1) is 5.92 Å². The van der Waals surface area contributed by atoms with Crippen molar-refractivity contribution in [2.75, 3.05) is 11.9 Å². The van der Waals surface area contributed by atoms with E-state index in [2.05, 4.69) is 193 Å². The highest BCUT2D eigenvalue weighted by Crippen LogP contribution is 2.69. The Kier molecular flexibility index (Phi) is 6.98. The molecule has 278 valence electrons. The molecule has 0 fully saturated rings. The molecule has 1 aliphatic heterocycles. The van der Waals surface area contributed by atoms with Crippen molar-refractivity contribution in [2.45, 2.75) is 24.2 Å². The van der Waals surface area contributed by atoms with Gasteiger partial charge in [-0.25, -0.2) is 4.98 Å². The van der Waals surface area contributed by atoms with E-state index in [0.717, 1.165) is 41.7 Å². The Balaban J connectivity index is 1.02. The fourth-order valence-corrected chi connectivity index (χ4v) is 11.6. The lowest BCUT2D eigenvalue weighted by atomic mass is 9.62. The van der Waals surface area contributed by atoms with Gasteiger partial charge in [0.05, 0.1) is 22.3 Å². The van der Waals surface area contributed by atoms with E-state index in [1.807, 2.05) is 0 Å². The number of anilines is 1. The topological polar surface area (TPSA) is 24.9 Å². The maximum Gasteiger partial charge on any atom is 0.0947 e. The molecule has 0 radical (unpaired) electrons. The Morgan fingerprint density at radius 1 is 0.593 bits per heavy atom. The molecule has 59 heavy (non-hydrogen) atoms. The molecule has 2 heterocycles. The summed E-state index contributed by atoms with van der Waals surface area (Å²) < 4.78 is 0. The van der Waals surface area contributed by atoms with Crippen molar-refractivity contribution in [1.29, 1.82) is 0 Å². The van der Waals surface area contributed by atoms with Gasteiger partial charge in [-0.15, -0.1) is 0 Å². The molecule has 5 aliphatic carbocycles. The zero-order valence-corrected chi connectivity index (χ0v) is 32.6. The minimum atomic E-state index is -0.391. The molecular formula is C57H40N2. The van der Waals surface area contributed by atoms with E-state index in [1.165, 1.54) is 88.7 Å². The summed E-state index contributed by atoms with van der Waals surface area (Å²) >= 11 is 0. The van der Waals surface area contributed by atoms with Crippen LogP contribution in [0.3, 0.4) is 0 Å².